The number of para-hydroxylation sites is 2. The fourth-order valence-corrected chi connectivity index (χ4v) is 29.8. The molecule has 760 valence electrons. The Morgan fingerprint density at radius 3 is 1.04 bits per heavy atom. The summed E-state index contributed by atoms with van der Waals surface area (Å²) in [5.41, 5.74) is 9.14. The van der Waals surface area contributed by atoms with Gasteiger partial charge in [0.15, 0.2) is 49.2 Å². The van der Waals surface area contributed by atoms with E-state index >= 15 is 0 Å². The highest BCUT2D eigenvalue weighted by molar-refractivity contribution is 7.93. The summed E-state index contributed by atoms with van der Waals surface area (Å²) < 4.78 is 141. The molecule has 0 N–H and O–H groups in total. The molecule has 136 heavy (non-hydrogen) atoms. The molecule has 0 bridgehead atoms. The zero-order valence-corrected chi connectivity index (χ0v) is 89.8. The van der Waals surface area contributed by atoms with Crippen molar-refractivity contribution in [1.29, 1.82) is 0 Å². The van der Waals surface area contributed by atoms with Gasteiger partial charge in [0.1, 0.15) is 17.2 Å². The third-order valence-electron chi connectivity index (χ3n) is 31.4. The van der Waals surface area contributed by atoms with Crippen LogP contribution in [0.1, 0.15) is 342 Å². The Hall–Kier alpha value is -6.39. The first-order valence-electron chi connectivity index (χ1n) is 53.7. The topological polar surface area (TPSA) is 227 Å². The minimum atomic E-state index is -2.92. The maximum Gasteiger partial charge on any atom is 0.213 e. The van der Waals surface area contributed by atoms with Crippen LogP contribution in [-0.4, -0.2) is 133 Å². The molecule has 3 heterocycles. The molecule has 2 aromatic heterocycles. The number of hydrogen-bond donors (Lipinski definition) is 0. The van der Waals surface area contributed by atoms with Crippen molar-refractivity contribution < 1.29 is 56.3 Å². The largest absolute Gasteiger partial charge is 0.494 e. The first kappa shape index (κ1) is 113. The van der Waals surface area contributed by atoms with Gasteiger partial charge in [0, 0.05) is 42.6 Å². The van der Waals surface area contributed by atoms with E-state index in [-0.39, 0.29) is 26.2 Å². The second-order valence-electron chi connectivity index (χ2n) is 41.9. The Morgan fingerprint density at radius 1 is 0.309 bits per heavy atom. The molecule has 0 radical (unpaired) electrons. The normalized spacial score (nSPS) is 22.4. The number of hydrogen-bond acceptors (Lipinski definition) is 16. The second-order valence-corrected chi connectivity index (χ2v) is 54.2. The van der Waals surface area contributed by atoms with Crippen LogP contribution in [0.2, 0.25) is 0 Å². The van der Waals surface area contributed by atoms with Crippen LogP contribution in [0.25, 0.3) is 10.9 Å². The third kappa shape index (κ3) is 39.8. The van der Waals surface area contributed by atoms with E-state index in [1.54, 1.807) is 0 Å². The Balaban J connectivity index is 0.000000191. The smallest absolute Gasteiger partial charge is 0.213 e. The summed E-state index contributed by atoms with van der Waals surface area (Å²) in [5.74, 6) is 10.9. The quantitative estimate of drug-likeness (QED) is 0.0323. The van der Waals surface area contributed by atoms with Crippen molar-refractivity contribution >= 4 is 65.8 Å². The van der Waals surface area contributed by atoms with Crippen molar-refractivity contribution in [3.05, 3.63) is 186 Å². The minimum Gasteiger partial charge on any atom is -0.494 e. The van der Waals surface area contributed by atoms with E-state index in [2.05, 4.69) is 108 Å². The lowest BCUT2D eigenvalue weighted by Crippen LogP contribution is -2.29. The van der Waals surface area contributed by atoms with Gasteiger partial charge in [-0.05, 0) is 375 Å². The summed E-state index contributed by atoms with van der Waals surface area (Å²) in [6.45, 7) is 27.2. The highest BCUT2D eigenvalue weighted by Gasteiger charge is 2.35. The van der Waals surface area contributed by atoms with Gasteiger partial charge >= 0.3 is 0 Å². The van der Waals surface area contributed by atoms with Crippen molar-refractivity contribution in [3.8, 4) is 23.1 Å². The lowest BCUT2D eigenvalue weighted by atomic mass is 9.80. The lowest BCUT2D eigenvalue weighted by molar-refractivity contribution is 0.278. The molecule has 21 heteroatoms. The van der Waals surface area contributed by atoms with Crippen LogP contribution in [0, 0.1) is 59.2 Å². The molecule has 7 aromatic rings. The Bertz CT molecular complexity index is 5090. The van der Waals surface area contributed by atoms with Crippen LogP contribution in [-0.2, 0) is 81.3 Å². The van der Waals surface area contributed by atoms with Crippen molar-refractivity contribution in [2.45, 2.75) is 373 Å². The van der Waals surface area contributed by atoms with E-state index in [0.29, 0.717) is 77.1 Å². The number of anilines is 1. The van der Waals surface area contributed by atoms with Gasteiger partial charge in [-0.15, -0.1) is 0 Å². The molecule has 13 rings (SSSR count). The number of aryl methyl sites for hydroxylation is 5. The molecular weight excluding hydrogens is 1790 g/mol. The minimum absolute atomic E-state index is 0.182. The fraction of sp³-hybridized carbons (Fsp3) is 0.670. The average molecular weight is 1970 g/mol. The van der Waals surface area contributed by atoms with Gasteiger partial charge in [0.05, 0.1) is 73.7 Å². The standard InChI is InChI=1S/C25H34O3S.C24H39NO2S.C22H37NO3S.C22H31NO2S.C22H36O3S/c1-3-20(2)29(26,27)19-23-13-11-21(12-14-23)9-10-22-15-17-25(18-16-22)28-24-7-5-4-6-8-24;1-3-20(2)28(26,27)19-23-11-9-21(10-12-23)7-8-22-13-15-24(16-14-22)25-17-5-4-6-18-25;1-4-6-15-26-22-14-13-20(16-23-22)10-7-19-8-11-21(12-9-19)17-27(24,25)18(3)5-2;1-3-17(2)26(24,25)16-19-11-8-18(9-12-19)10-13-20-14-21-6-4-5-7-22(21)23-15-20;1-4-15-25-22-8-6-7-20(16-22)12-9-19-10-13-21(14-11-19)17-26(23,24)18(3)5-2/h4-8,15-18,20-21,23H,3,9-14,19H2,1-2H3;13-16,20-21,23H,3-12,17-19H2,1-2H3;13-14,16,18-19,21H,4-12,15,17H2,1-3H3;4-7,14-15,17-19H,3,8-13,16H2,1-2H3;6-8,16,18-19,21H,4-5,9-15,17H2,1-3H3. The zero-order chi connectivity index (χ0) is 97.9. The predicted molar refractivity (Wildman–Crippen MR) is 571 cm³/mol. The molecule has 16 nitrogen and oxygen atoms in total. The lowest BCUT2D eigenvalue weighted by Gasteiger charge is -2.29. The molecule has 1 aliphatic heterocycles. The van der Waals surface area contributed by atoms with E-state index in [1.165, 1.54) is 142 Å². The van der Waals surface area contributed by atoms with Crippen LogP contribution in [0.3, 0.4) is 0 Å². The van der Waals surface area contributed by atoms with Gasteiger partial charge in [-0.3, -0.25) is 4.98 Å². The van der Waals surface area contributed by atoms with Crippen LogP contribution in [0.4, 0.5) is 5.69 Å². The first-order chi connectivity index (χ1) is 65.3. The SMILES string of the molecule is CCC(C)S(=O)(=O)CC1CCC(CCc2ccc(N3CCCCC3)cc2)CC1.CCC(C)S(=O)(=O)CC1CCC(CCc2ccc(Oc3ccccc3)cc2)CC1.CCC(C)S(=O)(=O)CC1CCC(CCc2cnc3ccccc3c2)CC1.CCCCOc1ccc(CCC2CCC(CS(=O)(=O)C(C)CC)CC2)cn1.CCCOc1cccc(CCC2CCC(CS(=O)(=O)C(C)CC)CC2)c1. The number of fused-ring (bicyclic) bond motifs is 1. The van der Waals surface area contributed by atoms with Crippen LogP contribution >= 0.6 is 0 Å². The number of piperidine rings is 1. The number of nitrogens with zero attached hydrogens (tertiary/aromatic N) is 3. The maximum atomic E-state index is 12.4. The number of benzene rings is 5. The Morgan fingerprint density at radius 2 is 0.654 bits per heavy atom. The number of aromatic nitrogens is 2. The van der Waals surface area contributed by atoms with Gasteiger partial charge < -0.3 is 19.1 Å². The molecule has 5 unspecified atom stereocenters. The van der Waals surface area contributed by atoms with Crippen molar-refractivity contribution in [2.75, 3.05) is 60.0 Å². The monoisotopic (exact) mass is 1970 g/mol. The number of sulfone groups is 5. The molecule has 5 aromatic carbocycles. The summed E-state index contributed by atoms with van der Waals surface area (Å²) in [4.78, 5) is 11.5. The van der Waals surface area contributed by atoms with Gasteiger partial charge in [-0.2, -0.15) is 0 Å². The molecule has 5 atom stereocenters. The molecule has 5 saturated carbocycles. The molecule has 6 fully saturated rings. The predicted octanol–water partition coefficient (Wildman–Crippen LogP) is 27.9. The molecule has 5 aliphatic carbocycles. The highest BCUT2D eigenvalue weighted by Crippen LogP contribution is 2.40. The van der Waals surface area contributed by atoms with E-state index in [1.807, 2.05) is 148 Å². The average Bonchev–Trinajstić information content (AvgIpc) is 1.00. The van der Waals surface area contributed by atoms with Gasteiger partial charge in [0.25, 0.3) is 0 Å². The second kappa shape index (κ2) is 58.9. The number of pyridine rings is 2. The van der Waals surface area contributed by atoms with E-state index < -0.39 is 49.2 Å². The van der Waals surface area contributed by atoms with Crippen LogP contribution in [0.15, 0.2) is 158 Å². The summed E-state index contributed by atoms with van der Waals surface area (Å²) in [7, 11) is -14.6. The zero-order valence-electron chi connectivity index (χ0n) is 85.7. The first-order valence-corrected chi connectivity index (χ1v) is 62.2. The fourth-order valence-electron chi connectivity index (χ4n) is 20.6. The number of ether oxygens (including phenoxy) is 3. The summed E-state index contributed by atoms with van der Waals surface area (Å²) >= 11 is 0. The molecule has 0 spiro atoms. The molecule has 6 aliphatic rings. The number of unbranched alkanes of at least 4 members (excludes halogenated alkanes) is 1. The van der Waals surface area contributed by atoms with Gasteiger partial charge in [-0.25, -0.2) is 47.1 Å². The van der Waals surface area contributed by atoms with Crippen molar-refractivity contribution in [3.63, 3.8) is 0 Å². The summed E-state index contributed by atoms with van der Waals surface area (Å²) in [6.07, 6.45) is 48.6. The van der Waals surface area contributed by atoms with Crippen molar-refractivity contribution in [2.24, 2.45) is 59.2 Å². The Kier molecular flexibility index (Phi) is 49.0. The van der Waals surface area contributed by atoms with Crippen LogP contribution < -0.4 is 19.1 Å². The van der Waals surface area contributed by atoms with E-state index in [4.69, 9.17) is 14.2 Å². The number of rotatable bonds is 45. The Labute approximate surface area is 826 Å². The summed E-state index contributed by atoms with van der Waals surface area (Å²) in [6, 6.07) is 50.5. The van der Waals surface area contributed by atoms with Gasteiger partial charge in [-0.1, -0.05) is 198 Å². The highest BCUT2D eigenvalue weighted by atomic mass is 32.2. The molecular formula is C115H177N3O13S5. The van der Waals surface area contributed by atoms with Crippen molar-refractivity contribution in [1.82, 2.24) is 9.97 Å². The van der Waals surface area contributed by atoms with Gasteiger partial charge in [0.2, 0.25) is 5.88 Å². The maximum absolute atomic E-state index is 12.4. The van der Waals surface area contributed by atoms with Crippen LogP contribution in [0.5, 0.6) is 23.1 Å². The third-order valence-corrected chi connectivity index (χ3v) is 43.9. The molecule has 0 amide bonds. The van der Waals surface area contributed by atoms with E-state index in [9.17, 15) is 42.1 Å². The van der Waals surface area contributed by atoms with E-state index in [0.717, 1.165) is 226 Å². The summed E-state index contributed by atoms with van der Waals surface area (Å²) in [5, 5.41) is 0.246. The molecule has 1 saturated heterocycles.